The second kappa shape index (κ2) is 8.23. The fourth-order valence-electron chi connectivity index (χ4n) is 3.80. The van der Waals surface area contributed by atoms with E-state index in [2.05, 4.69) is 4.72 Å². The number of rotatable bonds is 4. The van der Waals surface area contributed by atoms with Crippen LogP contribution in [0, 0.1) is 11.7 Å². The summed E-state index contributed by atoms with van der Waals surface area (Å²) in [6.07, 6.45) is 6.39. The van der Waals surface area contributed by atoms with Crippen LogP contribution in [0.1, 0.15) is 44.9 Å². The summed E-state index contributed by atoms with van der Waals surface area (Å²) in [5.74, 6) is -0.615. The molecule has 1 aliphatic carbocycles. The average Bonchev–Trinajstić information content (AvgIpc) is 2.64. The third-order valence-corrected chi connectivity index (χ3v) is 7.12. The van der Waals surface area contributed by atoms with Gasteiger partial charge in [0.25, 0.3) is 0 Å². The minimum Gasteiger partial charge on any atom is -0.342 e. The molecule has 1 N–H and O–H groups in total. The molecule has 5 nitrogen and oxygen atoms in total. The fraction of sp³-hybridized carbons (Fsp3) is 0.611. The highest BCUT2D eigenvalue weighted by Gasteiger charge is 2.31. The Morgan fingerprint density at radius 2 is 1.77 bits per heavy atom. The summed E-state index contributed by atoms with van der Waals surface area (Å²) in [5.41, 5.74) is 0. The number of hydrogen-bond donors (Lipinski definition) is 1. The molecule has 8 heteroatoms. The van der Waals surface area contributed by atoms with Crippen LogP contribution < -0.4 is 4.72 Å². The molecule has 2 aliphatic rings. The molecule has 2 fully saturated rings. The molecule has 1 aromatic rings. The van der Waals surface area contributed by atoms with Crippen LogP contribution in [0.15, 0.2) is 23.1 Å². The standard InChI is InChI=1S/C18H24ClFN2O3S/c19-15-7-4-8-16(17(15)20)26(24,25)21-14-9-11-22(12-10-14)18(23)13-5-2-1-3-6-13/h4,7-8,13-14,21H,1-3,5-6,9-12H2. The van der Waals surface area contributed by atoms with Crippen LogP contribution in [0.25, 0.3) is 0 Å². The van der Waals surface area contributed by atoms with Gasteiger partial charge in [0.1, 0.15) is 4.90 Å². The molecule has 144 valence electrons. The van der Waals surface area contributed by atoms with Crippen LogP contribution >= 0.6 is 11.6 Å². The van der Waals surface area contributed by atoms with E-state index < -0.39 is 20.7 Å². The smallest absolute Gasteiger partial charge is 0.243 e. The van der Waals surface area contributed by atoms with E-state index in [0.717, 1.165) is 25.7 Å². The van der Waals surface area contributed by atoms with E-state index in [-0.39, 0.29) is 22.9 Å². The maximum Gasteiger partial charge on any atom is 0.243 e. The van der Waals surface area contributed by atoms with E-state index in [1.54, 1.807) is 0 Å². The van der Waals surface area contributed by atoms with E-state index in [9.17, 15) is 17.6 Å². The predicted molar refractivity (Wildman–Crippen MR) is 97.9 cm³/mol. The topological polar surface area (TPSA) is 66.5 Å². The van der Waals surface area contributed by atoms with Gasteiger partial charge in [-0.2, -0.15) is 0 Å². The lowest BCUT2D eigenvalue weighted by Crippen LogP contribution is -2.48. The predicted octanol–water partition coefficient (Wildman–Crippen LogP) is 3.33. The van der Waals surface area contributed by atoms with Gasteiger partial charge in [-0.1, -0.05) is 36.9 Å². The second-order valence-corrected chi connectivity index (χ2v) is 9.20. The third-order valence-electron chi connectivity index (χ3n) is 5.29. The Morgan fingerprint density at radius 1 is 1.12 bits per heavy atom. The molecule has 1 saturated carbocycles. The monoisotopic (exact) mass is 402 g/mol. The van der Waals surface area contributed by atoms with Crippen LogP contribution in [0.2, 0.25) is 5.02 Å². The van der Waals surface area contributed by atoms with E-state index in [1.807, 2.05) is 4.90 Å². The Morgan fingerprint density at radius 3 is 2.42 bits per heavy atom. The SMILES string of the molecule is O=C(C1CCCCC1)N1CCC(NS(=O)(=O)c2cccc(Cl)c2F)CC1. The minimum absolute atomic E-state index is 0.123. The Bertz CT molecular complexity index is 758. The number of carbonyl (C=O) groups excluding carboxylic acids is 1. The van der Waals surface area contributed by atoms with Gasteiger partial charge >= 0.3 is 0 Å². The van der Waals surface area contributed by atoms with Crippen molar-refractivity contribution >= 4 is 27.5 Å². The first-order valence-electron chi connectivity index (χ1n) is 9.13. The van der Waals surface area contributed by atoms with Gasteiger partial charge in [-0.3, -0.25) is 4.79 Å². The highest BCUT2D eigenvalue weighted by molar-refractivity contribution is 7.89. The van der Waals surface area contributed by atoms with Crippen molar-refractivity contribution in [2.24, 2.45) is 5.92 Å². The first-order valence-corrected chi connectivity index (χ1v) is 11.0. The normalized spacial score (nSPS) is 20.3. The van der Waals surface area contributed by atoms with Crippen molar-refractivity contribution in [1.29, 1.82) is 0 Å². The molecular formula is C18H24ClFN2O3S. The number of sulfonamides is 1. The van der Waals surface area contributed by atoms with Gasteiger partial charge in [-0.05, 0) is 37.8 Å². The molecule has 1 aromatic carbocycles. The number of benzene rings is 1. The molecular weight excluding hydrogens is 379 g/mol. The van der Waals surface area contributed by atoms with Crippen molar-refractivity contribution in [3.05, 3.63) is 29.0 Å². The summed E-state index contributed by atoms with van der Waals surface area (Å²) in [6.45, 7) is 1.06. The lowest BCUT2D eigenvalue weighted by atomic mass is 9.87. The number of halogens is 2. The van der Waals surface area contributed by atoms with Gasteiger partial charge in [0.15, 0.2) is 5.82 Å². The Balaban J connectivity index is 1.58. The maximum atomic E-state index is 14.0. The van der Waals surface area contributed by atoms with E-state index in [0.29, 0.717) is 25.9 Å². The highest BCUT2D eigenvalue weighted by Crippen LogP contribution is 2.27. The average molecular weight is 403 g/mol. The van der Waals surface area contributed by atoms with E-state index >= 15 is 0 Å². The number of nitrogens with zero attached hydrogens (tertiary/aromatic N) is 1. The second-order valence-electron chi connectivity index (χ2n) is 7.11. The molecule has 0 aromatic heterocycles. The number of nitrogens with one attached hydrogen (secondary N) is 1. The third kappa shape index (κ3) is 4.38. The molecule has 1 amide bonds. The van der Waals surface area contributed by atoms with Crippen molar-refractivity contribution in [2.45, 2.75) is 55.9 Å². The first kappa shape index (κ1) is 19.6. The van der Waals surface area contributed by atoms with Crippen LogP contribution in [0.5, 0.6) is 0 Å². The molecule has 1 aliphatic heterocycles. The van der Waals surface area contributed by atoms with Gasteiger partial charge in [0.2, 0.25) is 15.9 Å². The Hall–Kier alpha value is -1.18. The van der Waals surface area contributed by atoms with Crippen molar-refractivity contribution in [1.82, 2.24) is 9.62 Å². The molecule has 0 atom stereocenters. The molecule has 3 rings (SSSR count). The number of likely N-dealkylation sites (tertiary alicyclic amines) is 1. The van der Waals surface area contributed by atoms with Crippen molar-refractivity contribution in [3.63, 3.8) is 0 Å². The zero-order valence-corrected chi connectivity index (χ0v) is 16.2. The molecule has 1 saturated heterocycles. The van der Waals surface area contributed by atoms with Crippen molar-refractivity contribution in [3.8, 4) is 0 Å². The van der Waals surface area contributed by atoms with Crippen LogP contribution in [0.3, 0.4) is 0 Å². The quantitative estimate of drug-likeness (QED) is 0.840. The summed E-state index contributed by atoms with van der Waals surface area (Å²) >= 11 is 5.68. The van der Waals surface area contributed by atoms with Gasteiger partial charge in [0.05, 0.1) is 5.02 Å². The fourth-order valence-corrected chi connectivity index (χ4v) is 5.44. The summed E-state index contributed by atoms with van der Waals surface area (Å²) in [4.78, 5) is 14.0. The van der Waals surface area contributed by atoms with Crippen molar-refractivity contribution < 1.29 is 17.6 Å². The van der Waals surface area contributed by atoms with Gasteiger partial charge in [-0.15, -0.1) is 0 Å². The minimum atomic E-state index is -3.98. The van der Waals surface area contributed by atoms with Gasteiger partial charge in [0, 0.05) is 25.0 Å². The number of piperidine rings is 1. The Kier molecular flexibility index (Phi) is 6.20. The van der Waals surface area contributed by atoms with Crippen LogP contribution in [-0.4, -0.2) is 38.4 Å². The summed E-state index contributed by atoms with van der Waals surface area (Å²) < 4.78 is 41.5. The molecule has 1 heterocycles. The lowest BCUT2D eigenvalue weighted by Gasteiger charge is -2.35. The van der Waals surface area contributed by atoms with Gasteiger partial charge < -0.3 is 4.90 Å². The molecule has 0 bridgehead atoms. The van der Waals surface area contributed by atoms with Crippen LogP contribution in [-0.2, 0) is 14.8 Å². The molecule has 0 unspecified atom stereocenters. The summed E-state index contributed by atoms with van der Waals surface area (Å²) in [7, 11) is -3.98. The van der Waals surface area contributed by atoms with Gasteiger partial charge in [-0.25, -0.2) is 17.5 Å². The zero-order chi connectivity index (χ0) is 18.7. The highest BCUT2D eigenvalue weighted by atomic mass is 35.5. The first-order chi connectivity index (χ1) is 12.4. The van der Waals surface area contributed by atoms with Crippen molar-refractivity contribution in [2.75, 3.05) is 13.1 Å². The molecule has 26 heavy (non-hydrogen) atoms. The lowest BCUT2D eigenvalue weighted by molar-refractivity contribution is -0.137. The van der Waals surface area contributed by atoms with E-state index in [1.165, 1.54) is 24.6 Å². The summed E-state index contributed by atoms with van der Waals surface area (Å²) in [5, 5.41) is -0.222. The summed E-state index contributed by atoms with van der Waals surface area (Å²) in [6, 6.07) is 3.61. The number of carbonyl (C=O) groups is 1. The number of hydrogen-bond acceptors (Lipinski definition) is 3. The number of amides is 1. The zero-order valence-electron chi connectivity index (χ0n) is 14.6. The van der Waals surface area contributed by atoms with E-state index in [4.69, 9.17) is 11.6 Å². The van der Waals surface area contributed by atoms with Crippen LogP contribution in [0.4, 0.5) is 4.39 Å². The maximum absolute atomic E-state index is 14.0. The largest absolute Gasteiger partial charge is 0.342 e. The molecule has 0 radical (unpaired) electrons. The molecule has 0 spiro atoms. The Labute approximate surface area is 158 Å².